The number of hydrogen-bond donors (Lipinski definition) is 4. The highest BCUT2D eigenvalue weighted by molar-refractivity contribution is 6.31. The molecule has 6 nitrogen and oxygen atoms in total. The van der Waals surface area contributed by atoms with Gasteiger partial charge < -0.3 is 20.4 Å². The van der Waals surface area contributed by atoms with E-state index in [-0.39, 0.29) is 17.6 Å². The third-order valence-electron chi connectivity index (χ3n) is 5.03. The number of benzene rings is 2. The summed E-state index contributed by atoms with van der Waals surface area (Å²) in [6, 6.07) is 13.3. The predicted molar refractivity (Wildman–Crippen MR) is 109 cm³/mol. The molecule has 2 aromatic rings. The van der Waals surface area contributed by atoms with E-state index in [1.54, 1.807) is 18.2 Å². The molecule has 2 amide bonds. The summed E-state index contributed by atoms with van der Waals surface area (Å²) in [6.45, 7) is 4.43. The van der Waals surface area contributed by atoms with E-state index in [1.807, 2.05) is 18.2 Å². The molecule has 0 radical (unpaired) electrons. The Morgan fingerprint density at radius 2 is 1.59 bits per heavy atom. The van der Waals surface area contributed by atoms with Gasteiger partial charge in [0.2, 0.25) is 0 Å². The van der Waals surface area contributed by atoms with Crippen molar-refractivity contribution in [2.45, 2.75) is 6.54 Å². The highest BCUT2D eigenvalue weighted by Crippen LogP contribution is 2.14. The molecule has 1 aliphatic heterocycles. The summed E-state index contributed by atoms with van der Waals surface area (Å²) in [5.41, 5.74) is 1.37. The molecule has 1 heterocycles. The Labute approximate surface area is 174 Å². The van der Waals surface area contributed by atoms with Crippen molar-refractivity contribution in [3.05, 3.63) is 64.9 Å². The summed E-state index contributed by atoms with van der Waals surface area (Å²) in [5, 5.41) is 6.29. The Hall–Kier alpha value is -2.48. The number of amides is 2. The predicted octanol–water partition coefficient (Wildman–Crippen LogP) is -0.483. The Bertz CT molecular complexity index is 856. The minimum Gasteiger partial charge on any atom is -0.347 e. The topological polar surface area (TPSA) is 67.1 Å². The number of hydrogen-bond acceptors (Lipinski definition) is 2. The Morgan fingerprint density at radius 3 is 2.24 bits per heavy atom. The first-order chi connectivity index (χ1) is 14.0. The average molecular weight is 421 g/mol. The lowest BCUT2D eigenvalue weighted by atomic mass is 10.2. The Balaban J connectivity index is 1.36. The first-order valence-electron chi connectivity index (χ1n) is 9.72. The van der Waals surface area contributed by atoms with Gasteiger partial charge in [-0.25, -0.2) is 4.39 Å². The summed E-state index contributed by atoms with van der Waals surface area (Å²) in [5.74, 6) is -0.515. The van der Waals surface area contributed by atoms with Gasteiger partial charge in [-0.1, -0.05) is 35.9 Å². The van der Waals surface area contributed by atoms with Crippen molar-refractivity contribution in [3.8, 4) is 0 Å². The molecular formula is C21H26ClFN4O2+2. The van der Waals surface area contributed by atoms with Crippen LogP contribution in [0.1, 0.15) is 5.56 Å². The number of quaternary nitrogens is 2. The second-order valence-corrected chi connectivity index (χ2v) is 7.69. The fourth-order valence-electron chi connectivity index (χ4n) is 3.43. The first kappa shape index (κ1) is 21.2. The highest BCUT2D eigenvalue weighted by Gasteiger charge is 2.26. The van der Waals surface area contributed by atoms with Crippen LogP contribution in [-0.2, 0) is 16.1 Å². The molecule has 1 saturated heterocycles. The molecule has 0 spiro atoms. The van der Waals surface area contributed by atoms with Crippen molar-refractivity contribution in [2.24, 2.45) is 0 Å². The summed E-state index contributed by atoms with van der Waals surface area (Å²) >= 11 is 6.11. The molecule has 4 N–H and O–H groups in total. The number of rotatable bonds is 7. The van der Waals surface area contributed by atoms with Crippen molar-refractivity contribution < 1.29 is 23.8 Å². The van der Waals surface area contributed by atoms with Crippen molar-refractivity contribution in [1.29, 1.82) is 0 Å². The Morgan fingerprint density at radius 1 is 0.931 bits per heavy atom. The number of piperazine rings is 1. The van der Waals surface area contributed by atoms with Crippen LogP contribution in [-0.4, -0.2) is 51.1 Å². The summed E-state index contributed by atoms with van der Waals surface area (Å²) in [6.07, 6.45) is 0. The van der Waals surface area contributed by atoms with E-state index in [1.165, 1.54) is 21.9 Å². The van der Waals surface area contributed by atoms with Gasteiger partial charge in [-0.15, -0.1) is 0 Å². The molecule has 2 aromatic carbocycles. The van der Waals surface area contributed by atoms with Crippen LogP contribution in [0.3, 0.4) is 0 Å². The van der Waals surface area contributed by atoms with E-state index in [0.29, 0.717) is 30.3 Å². The smallest absolute Gasteiger partial charge is 0.279 e. The minimum absolute atomic E-state index is 0.00721. The molecule has 0 bridgehead atoms. The molecule has 154 valence electrons. The monoisotopic (exact) mass is 420 g/mol. The fourth-order valence-corrected chi connectivity index (χ4v) is 3.64. The third-order valence-corrected chi connectivity index (χ3v) is 5.40. The maximum atomic E-state index is 13.2. The van der Waals surface area contributed by atoms with Crippen LogP contribution in [0.4, 0.5) is 10.1 Å². The third kappa shape index (κ3) is 6.81. The van der Waals surface area contributed by atoms with Gasteiger partial charge in [0.05, 0.1) is 0 Å². The van der Waals surface area contributed by atoms with E-state index >= 15 is 0 Å². The number of halogens is 2. The van der Waals surface area contributed by atoms with E-state index in [9.17, 15) is 14.0 Å². The number of nitrogens with one attached hydrogen (secondary N) is 4. The summed E-state index contributed by atoms with van der Waals surface area (Å²) in [4.78, 5) is 26.7. The Kier molecular flexibility index (Phi) is 7.57. The minimum atomic E-state index is -0.375. The van der Waals surface area contributed by atoms with E-state index in [0.717, 1.165) is 31.7 Å². The summed E-state index contributed by atoms with van der Waals surface area (Å²) < 4.78 is 13.2. The molecule has 0 saturated carbocycles. The molecule has 1 fully saturated rings. The zero-order valence-electron chi connectivity index (χ0n) is 16.1. The van der Waals surface area contributed by atoms with Gasteiger partial charge in [0, 0.05) is 17.3 Å². The standard InChI is InChI=1S/C21H24ClFN4O2/c22-19-7-2-1-4-16(19)13-24-20(28)14-26-8-10-27(11-9-26)15-21(29)25-18-6-3-5-17(23)12-18/h1-7,12H,8-11,13-15H2,(H,24,28)(H,25,29)/p+2. The number of anilines is 1. The molecule has 8 heteroatoms. The van der Waals surface area contributed by atoms with E-state index in [4.69, 9.17) is 11.6 Å². The lowest BCUT2D eigenvalue weighted by molar-refractivity contribution is -1.00. The lowest BCUT2D eigenvalue weighted by Crippen LogP contribution is -3.28. The molecule has 0 atom stereocenters. The SMILES string of the molecule is O=C(C[NH+]1CC[NH+](CC(=O)Nc2cccc(F)c2)CC1)NCc1ccccc1Cl. The molecule has 0 aromatic heterocycles. The van der Waals surface area contributed by atoms with Gasteiger partial charge in [-0.2, -0.15) is 0 Å². The van der Waals surface area contributed by atoms with Crippen LogP contribution in [0.25, 0.3) is 0 Å². The van der Waals surface area contributed by atoms with Crippen LogP contribution in [0.5, 0.6) is 0 Å². The van der Waals surface area contributed by atoms with Gasteiger partial charge in [-0.3, -0.25) is 9.59 Å². The highest BCUT2D eigenvalue weighted by atomic mass is 35.5. The number of carbonyl (C=O) groups excluding carboxylic acids is 2. The molecule has 3 rings (SSSR count). The summed E-state index contributed by atoms with van der Waals surface area (Å²) in [7, 11) is 0. The van der Waals surface area contributed by atoms with E-state index in [2.05, 4.69) is 10.6 Å². The maximum Gasteiger partial charge on any atom is 0.279 e. The lowest BCUT2D eigenvalue weighted by Gasteiger charge is -2.29. The first-order valence-corrected chi connectivity index (χ1v) is 10.1. The van der Waals surface area contributed by atoms with Crippen LogP contribution in [0.15, 0.2) is 48.5 Å². The quantitative estimate of drug-likeness (QED) is 0.489. The fraction of sp³-hybridized carbons (Fsp3) is 0.333. The van der Waals surface area contributed by atoms with Crippen molar-refractivity contribution >= 4 is 29.1 Å². The van der Waals surface area contributed by atoms with E-state index < -0.39 is 0 Å². The van der Waals surface area contributed by atoms with Gasteiger partial charge in [0.25, 0.3) is 11.8 Å². The van der Waals surface area contributed by atoms with Crippen LogP contribution in [0, 0.1) is 5.82 Å². The van der Waals surface area contributed by atoms with Gasteiger partial charge in [-0.05, 0) is 29.8 Å². The van der Waals surface area contributed by atoms with Crippen LogP contribution in [0.2, 0.25) is 5.02 Å². The zero-order chi connectivity index (χ0) is 20.6. The van der Waals surface area contributed by atoms with Crippen molar-refractivity contribution in [1.82, 2.24) is 5.32 Å². The molecular weight excluding hydrogens is 395 g/mol. The second-order valence-electron chi connectivity index (χ2n) is 7.28. The number of carbonyl (C=O) groups is 2. The second kappa shape index (κ2) is 10.3. The van der Waals surface area contributed by atoms with Gasteiger partial charge in [0.1, 0.15) is 32.0 Å². The molecule has 1 aliphatic rings. The normalized spacial score (nSPS) is 18.8. The maximum absolute atomic E-state index is 13.2. The van der Waals surface area contributed by atoms with Crippen LogP contribution >= 0.6 is 11.6 Å². The molecule has 0 aliphatic carbocycles. The van der Waals surface area contributed by atoms with Crippen molar-refractivity contribution in [2.75, 3.05) is 44.6 Å². The van der Waals surface area contributed by atoms with Gasteiger partial charge in [0.15, 0.2) is 13.1 Å². The zero-order valence-corrected chi connectivity index (χ0v) is 16.9. The largest absolute Gasteiger partial charge is 0.347 e. The molecule has 29 heavy (non-hydrogen) atoms. The molecule has 0 unspecified atom stereocenters. The van der Waals surface area contributed by atoms with Gasteiger partial charge >= 0.3 is 0 Å². The van der Waals surface area contributed by atoms with Crippen LogP contribution < -0.4 is 20.4 Å². The average Bonchev–Trinajstić information content (AvgIpc) is 2.69. The van der Waals surface area contributed by atoms with Crippen molar-refractivity contribution in [3.63, 3.8) is 0 Å².